The van der Waals surface area contributed by atoms with Gasteiger partial charge in [0.1, 0.15) is 11.4 Å². The molecular formula is C14H9F6NO2. The lowest BCUT2D eigenvalue weighted by molar-refractivity contribution is -0.274. The number of rotatable bonds is 3. The van der Waals surface area contributed by atoms with Gasteiger partial charge in [-0.1, -0.05) is 6.07 Å². The van der Waals surface area contributed by atoms with Gasteiger partial charge in [-0.15, -0.1) is 13.2 Å². The number of aliphatic hydroxyl groups is 1. The van der Waals surface area contributed by atoms with Crippen molar-refractivity contribution in [3.63, 3.8) is 0 Å². The summed E-state index contributed by atoms with van der Waals surface area (Å²) in [6.07, 6.45) is -9.55. The highest BCUT2D eigenvalue weighted by Crippen LogP contribution is 2.32. The van der Waals surface area contributed by atoms with Gasteiger partial charge in [-0.2, -0.15) is 13.2 Å². The minimum atomic E-state index is -4.87. The van der Waals surface area contributed by atoms with Crippen molar-refractivity contribution in [1.82, 2.24) is 4.98 Å². The Morgan fingerprint density at radius 3 is 2.00 bits per heavy atom. The van der Waals surface area contributed by atoms with Crippen LogP contribution in [0.4, 0.5) is 26.3 Å². The third kappa shape index (κ3) is 4.35. The number of benzene rings is 1. The number of halogens is 6. The van der Waals surface area contributed by atoms with Crippen LogP contribution < -0.4 is 4.74 Å². The molecular weight excluding hydrogens is 328 g/mol. The third-order valence-electron chi connectivity index (χ3n) is 2.80. The summed E-state index contributed by atoms with van der Waals surface area (Å²) in [4.78, 5) is 3.44. The van der Waals surface area contributed by atoms with Gasteiger partial charge in [0.2, 0.25) is 0 Å². The zero-order valence-corrected chi connectivity index (χ0v) is 11.2. The van der Waals surface area contributed by atoms with Crippen molar-refractivity contribution in [2.24, 2.45) is 0 Å². The number of alkyl halides is 6. The Balaban J connectivity index is 2.40. The highest BCUT2D eigenvalue weighted by Gasteiger charge is 2.33. The minimum Gasteiger partial charge on any atom is -0.406 e. The van der Waals surface area contributed by atoms with E-state index in [0.717, 1.165) is 36.4 Å². The molecule has 2 aromatic rings. The van der Waals surface area contributed by atoms with E-state index in [-0.39, 0.29) is 16.8 Å². The first-order valence-corrected chi connectivity index (χ1v) is 6.14. The second-order valence-electron chi connectivity index (χ2n) is 4.43. The zero-order chi connectivity index (χ0) is 17.3. The summed E-state index contributed by atoms with van der Waals surface area (Å²) in [6, 6.07) is 5.94. The number of hydrogen-bond acceptors (Lipinski definition) is 3. The van der Waals surface area contributed by atoms with Gasteiger partial charge in [0.15, 0.2) is 0 Å². The molecule has 1 aromatic heterocycles. The monoisotopic (exact) mass is 337 g/mol. The zero-order valence-electron chi connectivity index (χ0n) is 11.2. The number of nitrogens with zero attached hydrogens (tertiary/aromatic N) is 1. The van der Waals surface area contributed by atoms with Crippen LogP contribution in [0, 0.1) is 0 Å². The Morgan fingerprint density at radius 2 is 1.52 bits per heavy atom. The smallest absolute Gasteiger partial charge is 0.406 e. The van der Waals surface area contributed by atoms with Crippen LogP contribution >= 0.6 is 0 Å². The maximum absolute atomic E-state index is 12.7. The van der Waals surface area contributed by atoms with Gasteiger partial charge in [-0.05, 0) is 30.3 Å². The standard InChI is InChI=1S/C14H9F6NO2/c15-13(16,17)11-6-3-9(7-22)12(21-11)8-1-4-10(5-2-8)23-14(18,19)20/h1-6,22H,7H2. The molecule has 0 saturated heterocycles. The largest absolute Gasteiger partial charge is 0.573 e. The molecule has 0 spiro atoms. The Labute approximate surface area is 126 Å². The molecule has 0 radical (unpaired) electrons. The summed E-state index contributed by atoms with van der Waals surface area (Å²) in [6.45, 7) is -0.568. The summed E-state index contributed by atoms with van der Waals surface area (Å²) in [5.74, 6) is -0.515. The van der Waals surface area contributed by atoms with Gasteiger partial charge in [-0.25, -0.2) is 4.98 Å². The summed E-state index contributed by atoms with van der Waals surface area (Å²) in [5, 5.41) is 9.19. The van der Waals surface area contributed by atoms with Crippen molar-refractivity contribution in [1.29, 1.82) is 0 Å². The number of pyridine rings is 1. The molecule has 0 aliphatic heterocycles. The van der Waals surface area contributed by atoms with Crippen molar-refractivity contribution in [2.45, 2.75) is 19.1 Å². The average molecular weight is 337 g/mol. The summed E-state index contributed by atoms with van der Waals surface area (Å²) in [5.41, 5.74) is -1.10. The molecule has 0 saturated carbocycles. The van der Waals surface area contributed by atoms with E-state index in [2.05, 4.69) is 9.72 Å². The molecule has 0 unspecified atom stereocenters. The minimum absolute atomic E-state index is 0.113. The van der Waals surface area contributed by atoms with E-state index in [9.17, 15) is 31.4 Å². The Hall–Kier alpha value is -2.29. The first kappa shape index (κ1) is 17.1. The van der Waals surface area contributed by atoms with Gasteiger partial charge >= 0.3 is 12.5 Å². The van der Waals surface area contributed by atoms with E-state index in [4.69, 9.17) is 0 Å². The molecule has 0 aliphatic rings. The molecule has 0 bridgehead atoms. The highest BCUT2D eigenvalue weighted by atomic mass is 19.4. The van der Waals surface area contributed by atoms with E-state index < -0.39 is 30.6 Å². The molecule has 0 amide bonds. The van der Waals surface area contributed by atoms with Crippen LogP contribution in [0.2, 0.25) is 0 Å². The third-order valence-corrected chi connectivity index (χ3v) is 2.80. The van der Waals surface area contributed by atoms with Gasteiger partial charge in [0, 0.05) is 11.1 Å². The molecule has 1 aromatic carbocycles. The van der Waals surface area contributed by atoms with E-state index in [1.54, 1.807) is 0 Å². The van der Waals surface area contributed by atoms with Gasteiger partial charge in [-0.3, -0.25) is 0 Å². The SMILES string of the molecule is OCc1ccc(C(F)(F)F)nc1-c1ccc(OC(F)(F)F)cc1. The normalized spacial score (nSPS) is 12.3. The van der Waals surface area contributed by atoms with Crippen molar-refractivity contribution < 1.29 is 36.2 Å². The van der Waals surface area contributed by atoms with Crippen molar-refractivity contribution in [3.05, 3.63) is 47.7 Å². The lowest BCUT2D eigenvalue weighted by Crippen LogP contribution is -2.17. The molecule has 23 heavy (non-hydrogen) atoms. The Morgan fingerprint density at radius 1 is 0.913 bits per heavy atom. The second-order valence-corrected chi connectivity index (χ2v) is 4.43. The first-order valence-electron chi connectivity index (χ1n) is 6.14. The molecule has 124 valence electrons. The van der Waals surface area contributed by atoms with Gasteiger partial charge in [0.05, 0.1) is 12.3 Å². The molecule has 1 N–H and O–H groups in total. The molecule has 2 rings (SSSR count). The fourth-order valence-electron chi connectivity index (χ4n) is 1.84. The van der Waals surface area contributed by atoms with Crippen LogP contribution in [0.3, 0.4) is 0 Å². The predicted molar refractivity (Wildman–Crippen MR) is 67.3 cm³/mol. The number of ether oxygens (including phenoxy) is 1. The van der Waals surface area contributed by atoms with Crippen LogP contribution in [-0.4, -0.2) is 16.5 Å². The highest BCUT2D eigenvalue weighted by molar-refractivity contribution is 5.64. The maximum Gasteiger partial charge on any atom is 0.573 e. The average Bonchev–Trinajstić information content (AvgIpc) is 2.45. The number of aromatic nitrogens is 1. The van der Waals surface area contributed by atoms with E-state index in [0.29, 0.717) is 0 Å². The Kier molecular flexibility index (Phi) is 4.51. The van der Waals surface area contributed by atoms with Crippen molar-refractivity contribution in [3.8, 4) is 17.0 Å². The fourth-order valence-corrected chi connectivity index (χ4v) is 1.84. The van der Waals surface area contributed by atoms with Crippen molar-refractivity contribution >= 4 is 0 Å². The van der Waals surface area contributed by atoms with Gasteiger partial charge < -0.3 is 9.84 Å². The van der Waals surface area contributed by atoms with E-state index >= 15 is 0 Å². The number of aliphatic hydroxyl groups excluding tert-OH is 1. The molecule has 9 heteroatoms. The summed E-state index contributed by atoms with van der Waals surface area (Å²) >= 11 is 0. The van der Waals surface area contributed by atoms with E-state index in [1.807, 2.05) is 0 Å². The van der Waals surface area contributed by atoms with Crippen LogP contribution in [0.1, 0.15) is 11.3 Å². The predicted octanol–water partition coefficient (Wildman–Crippen LogP) is 4.16. The lowest BCUT2D eigenvalue weighted by Gasteiger charge is -2.13. The molecule has 0 fully saturated rings. The molecule has 1 heterocycles. The van der Waals surface area contributed by atoms with Crippen molar-refractivity contribution in [2.75, 3.05) is 0 Å². The quantitative estimate of drug-likeness (QED) is 0.856. The van der Waals surface area contributed by atoms with Crippen LogP contribution in [0.5, 0.6) is 5.75 Å². The van der Waals surface area contributed by atoms with E-state index in [1.165, 1.54) is 0 Å². The number of hydrogen-bond donors (Lipinski definition) is 1. The van der Waals surface area contributed by atoms with Crippen LogP contribution in [0.15, 0.2) is 36.4 Å². The van der Waals surface area contributed by atoms with Gasteiger partial charge in [0.25, 0.3) is 0 Å². The summed E-state index contributed by atoms with van der Waals surface area (Å²) in [7, 11) is 0. The molecule has 0 atom stereocenters. The molecule has 3 nitrogen and oxygen atoms in total. The molecule has 0 aliphatic carbocycles. The first-order chi connectivity index (χ1) is 10.6. The second kappa shape index (κ2) is 6.07. The Bertz CT molecular complexity index is 679. The van der Waals surface area contributed by atoms with Crippen LogP contribution in [-0.2, 0) is 12.8 Å². The summed E-state index contributed by atoms with van der Waals surface area (Å²) < 4.78 is 78.0. The fraction of sp³-hybridized carbons (Fsp3) is 0.214. The van der Waals surface area contributed by atoms with Crippen LogP contribution in [0.25, 0.3) is 11.3 Å². The topological polar surface area (TPSA) is 42.4 Å². The lowest BCUT2D eigenvalue weighted by atomic mass is 10.1. The maximum atomic E-state index is 12.7.